The lowest BCUT2D eigenvalue weighted by molar-refractivity contribution is -0.116. The van der Waals surface area contributed by atoms with Gasteiger partial charge in [-0.25, -0.2) is 5.01 Å². The molecule has 4 heteroatoms. The van der Waals surface area contributed by atoms with E-state index in [-0.39, 0.29) is 5.91 Å². The zero-order chi connectivity index (χ0) is 10.7. The highest BCUT2D eigenvalue weighted by Crippen LogP contribution is 2.20. The van der Waals surface area contributed by atoms with Crippen molar-refractivity contribution in [2.45, 2.75) is 26.2 Å². The highest BCUT2D eigenvalue weighted by atomic mass is 16.2. The van der Waals surface area contributed by atoms with Gasteiger partial charge in [0.05, 0.1) is 12.1 Å². The number of anilines is 1. The summed E-state index contributed by atoms with van der Waals surface area (Å²) >= 11 is 0. The molecule has 4 nitrogen and oxygen atoms in total. The van der Waals surface area contributed by atoms with E-state index in [1.807, 2.05) is 0 Å². The molecule has 2 heterocycles. The number of nitrogens with zero attached hydrogens (tertiary/aromatic N) is 3. The molecule has 0 radical (unpaired) electrons. The largest absolute Gasteiger partial charge is 0.272 e. The molecule has 0 bridgehead atoms. The summed E-state index contributed by atoms with van der Waals surface area (Å²) in [5.41, 5.74) is 1.76. The number of aromatic nitrogens is 1. The van der Waals surface area contributed by atoms with Crippen LogP contribution in [0.1, 0.15) is 26.2 Å². The van der Waals surface area contributed by atoms with Crippen molar-refractivity contribution < 1.29 is 4.79 Å². The molecule has 1 aliphatic rings. The molecule has 0 saturated heterocycles. The van der Waals surface area contributed by atoms with Gasteiger partial charge in [-0.05, 0) is 18.6 Å². The Balaban J connectivity index is 2.20. The Kier molecular flexibility index (Phi) is 2.76. The van der Waals surface area contributed by atoms with Crippen LogP contribution >= 0.6 is 0 Å². The molecule has 1 aromatic heterocycles. The van der Waals surface area contributed by atoms with E-state index in [9.17, 15) is 4.79 Å². The molecule has 0 aliphatic carbocycles. The van der Waals surface area contributed by atoms with Crippen LogP contribution < -0.4 is 5.01 Å². The van der Waals surface area contributed by atoms with Crippen molar-refractivity contribution in [2.75, 3.05) is 5.01 Å². The maximum Gasteiger partial charge on any atom is 0.253 e. The fraction of sp³-hybridized carbons (Fsp3) is 0.364. The lowest BCUT2D eigenvalue weighted by Gasteiger charge is -2.10. The minimum absolute atomic E-state index is 0.0460. The molecule has 1 amide bonds. The summed E-state index contributed by atoms with van der Waals surface area (Å²) in [6.07, 6.45) is 5.70. The normalized spacial score (nSPS) is 15.7. The molecule has 2 rings (SSSR count). The van der Waals surface area contributed by atoms with Gasteiger partial charge in [0.25, 0.3) is 5.91 Å². The molecule has 0 spiro atoms. The van der Waals surface area contributed by atoms with Crippen LogP contribution in [0, 0.1) is 0 Å². The van der Waals surface area contributed by atoms with Gasteiger partial charge in [0.1, 0.15) is 0 Å². The van der Waals surface area contributed by atoms with Crippen molar-refractivity contribution in [1.29, 1.82) is 0 Å². The number of carbonyl (C=O) groups is 1. The van der Waals surface area contributed by atoms with Gasteiger partial charge in [-0.3, -0.25) is 9.78 Å². The molecule has 1 aromatic rings. The number of rotatable bonds is 3. The second kappa shape index (κ2) is 4.21. The van der Waals surface area contributed by atoms with Crippen LogP contribution in [0.2, 0.25) is 0 Å². The first-order chi connectivity index (χ1) is 7.31. The van der Waals surface area contributed by atoms with Crippen LogP contribution in [0.25, 0.3) is 0 Å². The Morgan fingerprint density at radius 2 is 2.13 bits per heavy atom. The van der Waals surface area contributed by atoms with Crippen LogP contribution in [0.15, 0.2) is 29.6 Å². The van der Waals surface area contributed by atoms with E-state index in [4.69, 9.17) is 0 Å². The molecule has 1 aliphatic heterocycles. The summed E-state index contributed by atoms with van der Waals surface area (Å²) < 4.78 is 0. The fourth-order valence-corrected chi connectivity index (χ4v) is 1.60. The Morgan fingerprint density at radius 3 is 2.80 bits per heavy atom. The summed E-state index contributed by atoms with van der Waals surface area (Å²) in [5.74, 6) is 0.0460. The Morgan fingerprint density at radius 1 is 1.40 bits per heavy atom. The van der Waals surface area contributed by atoms with Crippen LogP contribution in [0.5, 0.6) is 0 Å². The highest BCUT2D eigenvalue weighted by molar-refractivity contribution is 6.12. The molecular weight excluding hydrogens is 190 g/mol. The predicted octanol–water partition coefficient (Wildman–Crippen LogP) is 1.97. The molecule has 0 N–H and O–H groups in total. The second-order valence-corrected chi connectivity index (χ2v) is 3.50. The topological polar surface area (TPSA) is 45.6 Å². The smallest absolute Gasteiger partial charge is 0.253 e. The minimum Gasteiger partial charge on any atom is -0.272 e. The number of carbonyl (C=O) groups excluding carboxylic acids is 1. The zero-order valence-electron chi connectivity index (χ0n) is 8.68. The van der Waals surface area contributed by atoms with Crippen LogP contribution in [-0.2, 0) is 4.79 Å². The fourth-order valence-electron chi connectivity index (χ4n) is 1.60. The monoisotopic (exact) mass is 203 g/mol. The Hall–Kier alpha value is -1.71. The summed E-state index contributed by atoms with van der Waals surface area (Å²) in [4.78, 5) is 15.6. The van der Waals surface area contributed by atoms with Gasteiger partial charge in [0.15, 0.2) is 0 Å². The van der Waals surface area contributed by atoms with Crippen LogP contribution in [0.4, 0.5) is 5.69 Å². The first-order valence-corrected chi connectivity index (χ1v) is 5.10. The van der Waals surface area contributed by atoms with Crippen molar-refractivity contribution in [3.63, 3.8) is 0 Å². The molecule has 0 aromatic carbocycles. The molecule has 0 unspecified atom stereocenters. The van der Waals surface area contributed by atoms with E-state index in [1.54, 1.807) is 24.5 Å². The highest BCUT2D eigenvalue weighted by Gasteiger charge is 2.24. The van der Waals surface area contributed by atoms with Gasteiger partial charge in [0, 0.05) is 18.1 Å². The number of pyridine rings is 1. The Labute approximate surface area is 88.6 Å². The number of hydrogen-bond acceptors (Lipinski definition) is 3. The molecule has 0 fully saturated rings. The van der Waals surface area contributed by atoms with Gasteiger partial charge in [-0.2, -0.15) is 5.10 Å². The van der Waals surface area contributed by atoms with E-state index in [1.165, 1.54) is 5.01 Å². The van der Waals surface area contributed by atoms with Gasteiger partial charge in [0.2, 0.25) is 0 Å². The van der Waals surface area contributed by atoms with Gasteiger partial charge in [-0.1, -0.05) is 13.3 Å². The first kappa shape index (κ1) is 9.83. The zero-order valence-corrected chi connectivity index (χ0v) is 8.68. The van der Waals surface area contributed by atoms with Gasteiger partial charge >= 0.3 is 0 Å². The lowest BCUT2D eigenvalue weighted by Crippen LogP contribution is -2.19. The second-order valence-electron chi connectivity index (χ2n) is 3.50. The third kappa shape index (κ3) is 2.03. The number of amides is 1. The van der Waals surface area contributed by atoms with Crippen LogP contribution in [0.3, 0.4) is 0 Å². The van der Waals surface area contributed by atoms with Crippen molar-refractivity contribution in [1.82, 2.24) is 4.98 Å². The molecular formula is C11H13N3O. The van der Waals surface area contributed by atoms with Crippen LogP contribution in [-0.4, -0.2) is 16.6 Å². The van der Waals surface area contributed by atoms with E-state index in [0.29, 0.717) is 6.42 Å². The third-order valence-electron chi connectivity index (χ3n) is 2.28. The standard InChI is InChI=1S/C11H13N3O/c1-2-3-9-8-11(15)14(13-9)10-4-6-12-7-5-10/h4-7H,2-3,8H2,1H3. The average molecular weight is 203 g/mol. The van der Waals surface area contributed by atoms with Crippen molar-refractivity contribution >= 4 is 17.3 Å². The number of hydrogen-bond donors (Lipinski definition) is 0. The molecule has 15 heavy (non-hydrogen) atoms. The first-order valence-electron chi connectivity index (χ1n) is 5.10. The van der Waals surface area contributed by atoms with E-state index < -0.39 is 0 Å². The number of hydrazone groups is 1. The maximum atomic E-state index is 11.7. The quantitative estimate of drug-likeness (QED) is 0.754. The summed E-state index contributed by atoms with van der Waals surface area (Å²) in [6.45, 7) is 2.09. The van der Waals surface area contributed by atoms with Crippen molar-refractivity contribution in [3.05, 3.63) is 24.5 Å². The Bertz CT molecular complexity index is 386. The summed E-state index contributed by atoms with van der Waals surface area (Å²) in [7, 11) is 0. The SMILES string of the molecule is CCCC1=NN(c2ccncc2)C(=O)C1. The van der Waals surface area contributed by atoms with E-state index in [2.05, 4.69) is 17.0 Å². The lowest BCUT2D eigenvalue weighted by atomic mass is 10.2. The van der Waals surface area contributed by atoms with Gasteiger partial charge < -0.3 is 0 Å². The van der Waals surface area contributed by atoms with Crippen molar-refractivity contribution in [3.8, 4) is 0 Å². The average Bonchev–Trinajstić information content (AvgIpc) is 2.61. The molecule has 78 valence electrons. The van der Waals surface area contributed by atoms with E-state index >= 15 is 0 Å². The minimum atomic E-state index is 0.0460. The van der Waals surface area contributed by atoms with Crippen molar-refractivity contribution in [2.24, 2.45) is 5.10 Å². The summed E-state index contributed by atoms with van der Waals surface area (Å²) in [5, 5.41) is 5.77. The van der Waals surface area contributed by atoms with E-state index in [0.717, 1.165) is 24.2 Å². The van der Waals surface area contributed by atoms with Gasteiger partial charge in [-0.15, -0.1) is 0 Å². The summed E-state index contributed by atoms with van der Waals surface area (Å²) in [6, 6.07) is 3.58. The predicted molar refractivity (Wildman–Crippen MR) is 58.7 cm³/mol. The molecule has 0 saturated carbocycles. The molecule has 0 atom stereocenters. The maximum absolute atomic E-state index is 11.7. The third-order valence-corrected chi connectivity index (χ3v) is 2.28.